The van der Waals surface area contributed by atoms with Crippen molar-refractivity contribution in [2.24, 2.45) is 5.92 Å². The van der Waals surface area contributed by atoms with Crippen LogP contribution in [0.25, 0.3) is 0 Å². The Morgan fingerprint density at radius 2 is 1.54 bits per heavy atom. The normalized spacial score (nSPS) is 10.7. The fourth-order valence-corrected chi connectivity index (χ4v) is 2.20. The molecule has 0 heterocycles. The Labute approximate surface area is 145 Å². The van der Waals surface area contributed by atoms with Crippen LogP contribution in [0.5, 0.6) is 11.5 Å². The molecule has 2 aromatic carbocycles. The second-order valence-corrected chi connectivity index (χ2v) is 6.18. The first-order chi connectivity index (χ1) is 11.7. The standard InChI is InChI=1S/C20H28N2O2/c1-16(2)15-24-20-10-6-18(7-11-20)22-13-12-21-14-17-4-8-19(23-3)9-5-17/h4-11,16,21-22H,12-15H2,1-3H3. The zero-order valence-electron chi connectivity index (χ0n) is 14.8. The first-order valence-corrected chi connectivity index (χ1v) is 8.48. The average molecular weight is 328 g/mol. The highest BCUT2D eigenvalue weighted by Crippen LogP contribution is 2.16. The number of ether oxygens (including phenoxy) is 2. The number of hydrogen-bond donors (Lipinski definition) is 2. The lowest BCUT2D eigenvalue weighted by Gasteiger charge is -2.11. The molecule has 0 aliphatic heterocycles. The van der Waals surface area contributed by atoms with Gasteiger partial charge in [-0.2, -0.15) is 0 Å². The Morgan fingerprint density at radius 3 is 2.17 bits per heavy atom. The van der Waals surface area contributed by atoms with Gasteiger partial charge >= 0.3 is 0 Å². The largest absolute Gasteiger partial charge is 0.497 e. The third-order valence-corrected chi connectivity index (χ3v) is 3.56. The quantitative estimate of drug-likeness (QED) is 0.649. The summed E-state index contributed by atoms with van der Waals surface area (Å²) in [4.78, 5) is 0. The van der Waals surface area contributed by atoms with Crippen LogP contribution in [0.15, 0.2) is 48.5 Å². The Balaban J connectivity index is 1.63. The predicted molar refractivity (Wildman–Crippen MR) is 100.0 cm³/mol. The van der Waals surface area contributed by atoms with Crippen molar-refractivity contribution in [2.45, 2.75) is 20.4 Å². The molecule has 2 N–H and O–H groups in total. The third kappa shape index (κ3) is 6.50. The molecule has 0 aromatic heterocycles. The minimum atomic E-state index is 0.541. The van der Waals surface area contributed by atoms with E-state index >= 15 is 0 Å². The van der Waals surface area contributed by atoms with E-state index in [9.17, 15) is 0 Å². The van der Waals surface area contributed by atoms with Crippen LogP contribution in [-0.2, 0) is 6.54 Å². The van der Waals surface area contributed by atoms with Crippen molar-refractivity contribution in [3.8, 4) is 11.5 Å². The number of hydrogen-bond acceptors (Lipinski definition) is 4. The van der Waals surface area contributed by atoms with Gasteiger partial charge in [0, 0.05) is 25.3 Å². The monoisotopic (exact) mass is 328 g/mol. The third-order valence-electron chi connectivity index (χ3n) is 3.56. The summed E-state index contributed by atoms with van der Waals surface area (Å²) in [6.07, 6.45) is 0. The van der Waals surface area contributed by atoms with Gasteiger partial charge in [0.25, 0.3) is 0 Å². The molecule has 4 heteroatoms. The van der Waals surface area contributed by atoms with E-state index < -0.39 is 0 Å². The van der Waals surface area contributed by atoms with E-state index in [2.05, 4.69) is 48.7 Å². The van der Waals surface area contributed by atoms with Crippen LogP contribution in [0.2, 0.25) is 0 Å². The lowest BCUT2D eigenvalue weighted by Crippen LogP contribution is -2.21. The van der Waals surface area contributed by atoms with Crippen LogP contribution in [-0.4, -0.2) is 26.8 Å². The maximum Gasteiger partial charge on any atom is 0.119 e. The first-order valence-electron chi connectivity index (χ1n) is 8.48. The van der Waals surface area contributed by atoms with Crippen LogP contribution in [0.3, 0.4) is 0 Å². The van der Waals surface area contributed by atoms with Crippen molar-refractivity contribution in [1.82, 2.24) is 5.32 Å². The summed E-state index contributed by atoms with van der Waals surface area (Å²) in [5.74, 6) is 2.35. The summed E-state index contributed by atoms with van der Waals surface area (Å²) in [6, 6.07) is 16.3. The molecule has 2 rings (SSSR count). The van der Waals surface area contributed by atoms with E-state index in [0.29, 0.717) is 5.92 Å². The Kier molecular flexibility index (Phi) is 7.43. The summed E-state index contributed by atoms with van der Waals surface area (Å²) in [5.41, 5.74) is 2.36. The maximum absolute atomic E-state index is 5.68. The second kappa shape index (κ2) is 9.83. The SMILES string of the molecule is COc1ccc(CNCCNc2ccc(OCC(C)C)cc2)cc1. The van der Waals surface area contributed by atoms with Crippen molar-refractivity contribution >= 4 is 5.69 Å². The molecule has 0 bridgehead atoms. The van der Waals surface area contributed by atoms with Crippen molar-refractivity contribution in [3.05, 3.63) is 54.1 Å². The zero-order valence-corrected chi connectivity index (χ0v) is 14.8. The van der Waals surface area contributed by atoms with E-state index in [0.717, 1.165) is 43.4 Å². The van der Waals surface area contributed by atoms with Crippen molar-refractivity contribution in [2.75, 3.05) is 32.1 Å². The van der Waals surface area contributed by atoms with E-state index in [-0.39, 0.29) is 0 Å². The minimum Gasteiger partial charge on any atom is -0.497 e. The Bertz CT molecular complexity index is 580. The summed E-state index contributed by atoms with van der Waals surface area (Å²) in [7, 11) is 1.68. The van der Waals surface area contributed by atoms with Gasteiger partial charge in [-0.3, -0.25) is 0 Å². The van der Waals surface area contributed by atoms with Gasteiger partial charge in [0.1, 0.15) is 11.5 Å². The zero-order chi connectivity index (χ0) is 17.2. The minimum absolute atomic E-state index is 0.541. The van der Waals surface area contributed by atoms with Crippen LogP contribution in [0, 0.1) is 5.92 Å². The topological polar surface area (TPSA) is 42.5 Å². The summed E-state index contributed by atoms with van der Waals surface area (Å²) in [5, 5.41) is 6.83. The molecule has 0 radical (unpaired) electrons. The second-order valence-electron chi connectivity index (χ2n) is 6.18. The van der Waals surface area contributed by atoms with Gasteiger partial charge < -0.3 is 20.1 Å². The lowest BCUT2D eigenvalue weighted by molar-refractivity contribution is 0.271. The maximum atomic E-state index is 5.68. The van der Waals surface area contributed by atoms with Gasteiger partial charge in [-0.25, -0.2) is 0 Å². The molecule has 130 valence electrons. The molecule has 0 atom stereocenters. The molecule has 0 amide bonds. The molecular formula is C20H28N2O2. The van der Waals surface area contributed by atoms with E-state index in [4.69, 9.17) is 9.47 Å². The number of methoxy groups -OCH3 is 1. The smallest absolute Gasteiger partial charge is 0.119 e. The van der Waals surface area contributed by atoms with Crippen molar-refractivity contribution in [3.63, 3.8) is 0 Å². The van der Waals surface area contributed by atoms with E-state index in [1.165, 1.54) is 5.56 Å². The number of rotatable bonds is 10. The Hall–Kier alpha value is -2.20. The molecule has 0 spiro atoms. The Morgan fingerprint density at radius 1 is 0.875 bits per heavy atom. The number of benzene rings is 2. The molecule has 0 unspecified atom stereocenters. The van der Waals surface area contributed by atoms with Crippen LogP contribution in [0.4, 0.5) is 5.69 Å². The van der Waals surface area contributed by atoms with Crippen molar-refractivity contribution < 1.29 is 9.47 Å². The van der Waals surface area contributed by atoms with Gasteiger partial charge in [-0.1, -0.05) is 26.0 Å². The van der Waals surface area contributed by atoms with Crippen LogP contribution >= 0.6 is 0 Å². The lowest BCUT2D eigenvalue weighted by atomic mass is 10.2. The highest BCUT2D eigenvalue weighted by molar-refractivity contribution is 5.46. The van der Waals surface area contributed by atoms with E-state index in [1.807, 2.05) is 24.3 Å². The first kappa shape index (κ1) is 18.1. The summed E-state index contributed by atoms with van der Waals surface area (Å²) >= 11 is 0. The van der Waals surface area contributed by atoms with Crippen LogP contribution in [0.1, 0.15) is 19.4 Å². The highest BCUT2D eigenvalue weighted by atomic mass is 16.5. The predicted octanol–water partition coefficient (Wildman–Crippen LogP) is 3.93. The van der Waals surface area contributed by atoms with Gasteiger partial charge in [0.2, 0.25) is 0 Å². The molecular weight excluding hydrogens is 300 g/mol. The molecule has 0 fully saturated rings. The fourth-order valence-electron chi connectivity index (χ4n) is 2.20. The van der Waals surface area contributed by atoms with E-state index in [1.54, 1.807) is 7.11 Å². The molecule has 0 saturated carbocycles. The molecule has 24 heavy (non-hydrogen) atoms. The highest BCUT2D eigenvalue weighted by Gasteiger charge is 1.98. The average Bonchev–Trinajstić information content (AvgIpc) is 2.61. The van der Waals surface area contributed by atoms with Crippen LogP contribution < -0.4 is 20.1 Å². The number of anilines is 1. The molecule has 4 nitrogen and oxygen atoms in total. The van der Waals surface area contributed by atoms with Gasteiger partial charge in [0.05, 0.1) is 13.7 Å². The van der Waals surface area contributed by atoms with Crippen molar-refractivity contribution in [1.29, 1.82) is 0 Å². The van der Waals surface area contributed by atoms with Gasteiger partial charge in [-0.15, -0.1) is 0 Å². The number of nitrogens with one attached hydrogen (secondary N) is 2. The molecule has 0 aliphatic carbocycles. The molecule has 0 aliphatic rings. The van der Waals surface area contributed by atoms with Gasteiger partial charge in [-0.05, 0) is 47.9 Å². The summed E-state index contributed by atoms with van der Waals surface area (Å²) < 4.78 is 10.8. The van der Waals surface area contributed by atoms with Gasteiger partial charge in [0.15, 0.2) is 0 Å². The fraction of sp³-hybridized carbons (Fsp3) is 0.400. The molecule has 2 aromatic rings. The summed E-state index contributed by atoms with van der Waals surface area (Å²) in [6.45, 7) is 7.68. The molecule has 0 saturated heterocycles.